The van der Waals surface area contributed by atoms with E-state index in [1.807, 2.05) is 6.92 Å². The monoisotopic (exact) mass is 400 g/mol. The Labute approximate surface area is 166 Å². The maximum atomic E-state index is 12.2. The highest BCUT2D eigenvalue weighted by atomic mass is 16.6. The van der Waals surface area contributed by atoms with Crippen LogP contribution in [0.15, 0.2) is 41.0 Å². The Kier molecular flexibility index (Phi) is 6.22. The summed E-state index contributed by atoms with van der Waals surface area (Å²) in [6.07, 6.45) is 0.906. The van der Waals surface area contributed by atoms with Crippen LogP contribution in [0.25, 0.3) is 11.0 Å². The van der Waals surface area contributed by atoms with Crippen molar-refractivity contribution in [2.75, 3.05) is 31.7 Å². The molecule has 1 aromatic heterocycles. The van der Waals surface area contributed by atoms with Gasteiger partial charge in [-0.05, 0) is 47.1 Å². The van der Waals surface area contributed by atoms with Crippen molar-refractivity contribution in [3.05, 3.63) is 52.1 Å². The van der Waals surface area contributed by atoms with Crippen molar-refractivity contribution in [3.8, 4) is 5.75 Å². The summed E-state index contributed by atoms with van der Waals surface area (Å²) in [6.45, 7) is 3.10. The number of nitro benzene ring substituents is 1. The summed E-state index contributed by atoms with van der Waals surface area (Å²) in [5.74, 6) is 0.254. The van der Waals surface area contributed by atoms with Gasteiger partial charge in [0.2, 0.25) is 5.52 Å². The lowest BCUT2D eigenvalue weighted by Gasteiger charge is -2.19. The van der Waals surface area contributed by atoms with Gasteiger partial charge in [-0.1, -0.05) is 6.92 Å². The number of carbonyl (C=O) groups excluding carboxylic acids is 1. The van der Waals surface area contributed by atoms with Crippen LogP contribution in [-0.4, -0.2) is 48.0 Å². The molecule has 1 heterocycles. The highest BCUT2D eigenvalue weighted by molar-refractivity contribution is 5.93. The molecule has 0 amide bonds. The van der Waals surface area contributed by atoms with Gasteiger partial charge in [-0.25, -0.2) is 9.42 Å². The molecule has 2 aromatic carbocycles. The molecule has 29 heavy (non-hydrogen) atoms. The fourth-order valence-corrected chi connectivity index (χ4v) is 2.68. The lowest BCUT2D eigenvalue weighted by Crippen LogP contribution is -2.24. The molecule has 10 nitrogen and oxygen atoms in total. The minimum Gasteiger partial charge on any atom is -0.494 e. The van der Waals surface area contributed by atoms with E-state index in [4.69, 9.17) is 9.47 Å². The van der Waals surface area contributed by atoms with Gasteiger partial charge in [-0.2, -0.15) is 0 Å². The largest absolute Gasteiger partial charge is 0.494 e. The second-order valence-corrected chi connectivity index (χ2v) is 6.25. The van der Waals surface area contributed by atoms with Crippen LogP contribution in [0.4, 0.5) is 11.4 Å². The number of rotatable bonds is 9. The molecule has 0 spiro atoms. The minimum absolute atomic E-state index is 0.0710. The number of nitrogens with zero attached hydrogens (tertiary/aromatic N) is 4. The molecule has 0 fully saturated rings. The van der Waals surface area contributed by atoms with Crippen molar-refractivity contribution >= 4 is 28.4 Å². The van der Waals surface area contributed by atoms with Crippen LogP contribution in [0.1, 0.15) is 23.7 Å². The van der Waals surface area contributed by atoms with Crippen molar-refractivity contribution in [1.29, 1.82) is 0 Å². The highest BCUT2D eigenvalue weighted by Gasteiger charge is 2.21. The van der Waals surface area contributed by atoms with Crippen LogP contribution in [0.5, 0.6) is 5.75 Å². The third kappa shape index (κ3) is 4.60. The van der Waals surface area contributed by atoms with Crippen LogP contribution < -0.4 is 9.64 Å². The lowest BCUT2D eigenvalue weighted by atomic mass is 10.2. The predicted molar refractivity (Wildman–Crippen MR) is 104 cm³/mol. The summed E-state index contributed by atoms with van der Waals surface area (Å²) in [5.41, 5.74) is 1.17. The third-order valence-electron chi connectivity index (χ3n) is 4.20. The molecule has 0 aliphatic rings. The molecule has 3 rings (SSSR count). The van der Waals surface area contributed by atoms with Crippen LogP contribution in [0, 0.1) is 10.1 Å². The van der Waals surface area contributed by atoms with Gasteiger partial charge in [-0.3, -0.25) is 10.1 Å². The van der Waals surface area contributed by atoms with E-state index in [0.29, 0.717) is 30.2 Å². The van der Waals surface area contributed by atoms with Crippen molar-refractivity contribution < 1.29 is 23.8 Å². The maximum absolute atomic E-state index is 12.2. The molecule has 0 aliphatic carbocycles. The van der Waals surface area contributed by atoms with E-state index in [9.17, 15) is 14.9 Å². The molecule has 0 atom stereocenters. The number of hydrogen-bond donors (Lipinski definition) is 0. The number of hydrogen-bond acceptors (Lipinski definition) is 9. The molecule has 3 aromatic rings. The van der Waals surface area contributed by atoms with Crippen LogP contribution >= 0.6 is 0 Å². The number of likely N-dealkylation sites (N-methyl/N-ethyl adjacent to an activating group) is 1. The third-order valence-corrected chi connectivity index (χ3v) is 4.20. The van der Waals surface area contributed by atoms with E-state index < -0.39 is 10.9 Å². The number of carbonyl (C=O) groups is 1. The second kappa shape index (κ2) is 9.00. The SMILES string of the molecule is CCCOc1ccc(C(=O)OCCN(C)c2ccc([N+](=O)[O-])c3nonc23)cc1. The number of non-ortho nitro benzene ring substituents is 1. The summed E-state index contributed by atoms with van der Waals surface area (Å²) in [6, 6.07) is 9.65. The van der Waals surface area contributed by atoms with Gasteiger partial charge in [0.1, 0.15) is 12.4 Å². The average Bonchev–Trinajstić information content (AvgIpc) is 3.21. The molecule has 0 radical (unpaired) electrons. The highest BCUT2D eigenvalue weighted by Crippen LogP contribution is 2.30. The second-order valence-electron chi connectivity index (χ2n) is 6.25. The zero-order valence-corrected chi connectivity index (χ0v) is 16.0. The molecule has 0 unspecified atom stereocenters. The molecule has 10 heteroatoms. The fraction of sp³-hybridized carbons (Fsp3) is 0.316. The first-order valence-corrected chi connectivity index (χ1v) is 9.02. The summed E-state index contributed by atoms with van der Waals surface area (Å²) in [4.78, 5) is 24.5. The van der Waals surface area contributed by atoms with Gasteiger partial charge in [0.15, 0.2) is 5.52 Å². The number of aromatic nitrogens is 2. The van der Waals surface area contributed by atoms with Crippen LogP contribution in [0.3, 0.4) is 0 Å². The smallest absolute Gasteiger partial charge is 0.338 e. The van der Waals surface area contributed by atoms with Gasteiger partial charge >= 0.3 is 11.7 Å². The normalized spacial score (nSPS) is 10.7. The number of ether oxygens (including phenoxy) is 2. The van der Waals surface area contributed by atoms with Crippen molar-refractivity contribution in [3.63, 3.8) is 0 Å². The van der Waals surface area contributed by atoms with E-state index in [-0.39, 0.29) is 23.3 Å². The minimum atomic E-state index is -0.545. The predicted octanol–water partition coefficient (Wildman–Crippen LogP) is 3.21. The summed E-state index contributed by atoms with van der Waals surface area (Å²) < 4.78 is 15.4. The van der Waals surface area contributed by atoms with E-state index in [1.165, 1.54) is 6.07 Å². The Morgan fingerprint density at radius 2 is 1.86 bits per heavy atom. The maximum Gasteiger partial charge on any atom is 0.338 e. The van der Waals surface area contributed by atoms with Crippen LogP contribution in [0.2, 0.25) is 0 Å². The quantitative estimate of drug-likeness (QED) is 0.303. The van der Waals surface area contributed by atoms with Gasteiger partial charge in [0, 0.05) is 13.1 Å². The molecular formula is C19H20N4O6. The first-order chi connectivity index (χ1) is 14.0. The number of anilines is 1. The fourth-order valence-electron chi connectivity index (χ4n) is 2.68. The van der Waals surface area contributed by atoms with E-state index >= 15 is 0 Å². The van der Waals surface area contributed by atoms with Gasteiger partial charge < -0.3 is 14.4 Å². The van der Waals surface area contributed by atoms with Gasteiger partial charge in [0.25, 0.3) is 0 Å². The molecule has 0 bridgehead atoms. The van der Waals surface area contributed by atoms with E-state index in [0.717, 1.165) is 6.42 Å². The Hall–Kier alpha value is -3.69. The van der Waals surface area contributed by atoms with Crippen molar-refractivity contribution in [1.82, 2.24) is 10.3 Å². The number of fused-ring (bicyclic) bond motifs is 1. The topological polar surface area (TPSA) is 121 Å². The molecule has 0 saturated carbocycles. The zero-order valence-electron chi connectivity index (χ0n) is 16.0. The van der Waals surface area contributed by atoms with Gasteiger partial charge in [0.05, 0.1) is 29.3 Å². The Bertz CT molecular complexity index is 1000. The Morgan fingerprint density at radius 3 is 2.55 bits per heavy atom. The van der Waals surface area contributed by atoms with Gasteiger partial charge in [-0.15, -0.1) is 0 Å². The molecule has 0 saturated heterocycles. The molecule has 0 N–H and O–H groups in total. The Balaban J connectivity index is 1.58. The van der Waals surface area contributed by atoms with Crippen molar-refractivity contribution in [2.24, 2.45) is 0 Å². The molecular weight excluding hydrogens is 380 g/mol. The molecule has 152 valence electrons. The number of nitro groups is 1. The number of benzene rings is 2. The number of esters is 1. The summed E-state index contributed by atoms with van der Waals surface area (Å²) in [5, 5.41) is 18.4. The first-order valence-electron chi connectivity index (χ1n) is 9.02. The van der Waals surface area contributed by atoms with Crippen molar-refractivity contribution in [2.45, 2.75) is 13.3 Å². The van der Waals surface area contributed by atoms with E-state index in [1.54, 1.807) is 42.3 Å². The standard InChI is InChI=1S/C19H20N4O6/c1-3-11-27-14-6-4-13(5-7-14)19(24)28-12-10-22(2)15-8-9-16(23(25)26)18-17(15)20-29-21-18/h4-9H,3,10-12H2,1-2H3. The van der Waals surface area contributed by atoms with Crippen LogP contribution in [-0.2, 0) is 4.74 Å². The Morgan fingerprint density at radius 1 is 1.14 bits per heavy atom. The summed E-state index contributed by atoms with van der Waals surface area (Å²) in [7, 11) is 1.75. The van der Waals surface area contributed by atoms with E-state index in [2.05, 4.69) is 14.9 Å². The average molecular weight is 400 g/mol. The summed E-state index contributed by atoms with van der Waals surface area (Å²) >= 11 is 0. The molecule has 0 aliphatic heterocycles. The lowest BCUT2D eigenvalue weighted by molar-refractivity contribution is -0.383. The first kappa shape index (κ1) is 20.1. The zero-order chi connectivity index (χ0) is 20.8.